The summed E-state index contributed by atoms with van der Waals surface area (Å²) in [5.74, 6) is -0.0305. The van der Waals surface area contributed by atoms with E-state index in [2.05, 4.69) is 19.2 Å². The molecule has 0 saturated carbocycles. The molecule has 1 amide bonds. The van der Waals surface area contributed by atoms with Crippen molar-refractivity contribution < 1.29 is 14.3 Å². The van der Waals surface area contributed by atoms with Crippen LogP contribution in [0.1, 0.15) is 39.5 Å². The summed E-state index contributed by atoms with van der Waals surface area (Å²) in [6.07, 6.45) is 3.41. The molecule has 0 radical (unpaired) electrons. The topological polar surface area (TPSA) is 73.6 Å². The van der Waals surface area contributed by atoms with Crippen molar-refractivity contribution >= 4 is 5.91 Å². The van der Waals surface area contributed by atoms with Crippen molar-refractivity contribution in [3.05, 3.63) is 0 Å². The molecule has 108 valence electrons. The molecular formula is C13H28N2O3. The minimum absolute atomic E-state index is 0.0305. The van der Waals surface area contributed by atoms with Gasteiger partial charge in [0.25, 0.3) is 0 Å². The number of hydrogen-bond acceptors (Lipinski definition) is 4. The Balaban J connectivity index is 3.83. The fraction of sp³-hybridized carbons (Fsp3) is 0.923. The third-order valence-electron chi connectivity index (χ3n) is 2.40. The van der Waals surface area contributed by atoms with Gasteiger partial charge >= 0.3 is 0 Å². The first-order chi connectivity index (χ1) is 8.74. The van der Waals surface area contributed by atoms with E-state index in [1.165, 1.54) is 0 Å². The van der Waals surface area contributed by atoms with E-state index in [0.29, 0.717) is 32.7 Å². The molecule has 3 N–H and O–H groups in total. The Hall–Kier alpha value is -0.650. The van der Waals surface area contributed by atoms with Crippen molar-refractivity contribution in [3.63, 3.8) is 0 Å². The Morgan fingerprint density at radius 1 is 1.28 bits per heavy atom. The van der Waals surface area contributed by atoms with Gasteiger partial charge in [-0.3, -0.25) is 4.79 Å². The molecule has 0 heterocycles. The van der Waals surface area contributed by atoms with E-state index < -0.39 is 0 Å². The van der Waals surface area contributed by atoms with Crippen molar-refractivity contribution in [2.75, 3.05) is 32.9 Å². The molecule has 0 aromatic carbocycles. The summed E-state index contributed by atoms with van der Waals surface area (Å²) in [6, 6.07) is 0. The summed E-state index contributed by atoms with van der Waals surface area (Å²) in [5, 5.41) is 2.81. The van der Waals surface area contributed by atoms with Crippen molar-refractivity contribution in [2.45, 2.75) is 45.6 Å². The van der Waals surface area contributed by atoms with E-state index >= 15 is 0 Å². The van der Waals surface area contributed by atoms with Crippen LogP contribution in [0.25, 0.3) is 0 Å². The van der Waals surface area contributed by atoms with E-state index in [1.807, 2.05) is 0 Å². The molecule has 0 saturated heterocycles. The Morgan fingerprint density at radius 2 is 2.06 bits per heavy atom. The molecule has 0 aromatic heterocycles. The number of amides is 1. The quantitative estimate of drug-likeness (QED) is 0.515. The van der Waals surface area contributed by atoms with Gasteiger partial charge in [0.2, 0.25) is 5.91 Å². The van der Waals surface area contributed by atoms with Crippen molar-refractivity contribution in [3.8, 4) is 0 Å². The summed E-state index contributed by atoms with van der Waals surface area (Å²) >= 11 is 0. The van der Waals surface area contributed by atoms with E-state index in [9.17, 15) is 4.79 Å². The highest BCUT2D eigenvalue weighted by molar-refractivity contribution is 5.76. The van der Waals surface area contributed by atoms with Crippen LogP contribution in [0, 0.1) is 0 Å². The van der Waals surface area contributed by atoms with E-state index in [-0.39, 0.29) is 12.0 Å². The molecule has 18 heavy (non-hydrogen) atoms. The molecule has 5 nitrogen and oxygen atoms in total. The normalized spacial score (nSPS) is 12.4. The first-order valence-electron chi connectivity index (χ1n) is 6.90. The van der Waals surface area contributed by atoms with Crippen LogP contribution < -0.4 is 11.1 Å². The summed E-state index contributed by atoms with van der Waals surface area (Å²) in [5.41, 5.74) is 5.32. The van der Waals surface area contributed by atoms with Gasteiger partial charge in [-0.05, 0) is 12.8 Å². The van der Waals surface area contributed by atoms with E-state index in [1.54, 1.807) is 0 Å². The van der Waals surface area contributed by atoms with Gasteiger partial charge in [0.1, 0.15) is 0 Å². The lowest BCUT2D eigenvalue weighted by Gasteiger charge is -2.18. The maximum atomic E-state index is 11.3. The highest BCUT2D eigenvalue weighted by Gasteiger charge is 2.10. The van der Waals surface area contributed by atoms with Crippen molar-refractivity contribution in [1.29, 1.82) is 0 Å². The second kappa shape index (κ2) is 12.8. The Morgan fingerprint density at radius 3 is 2.67 bits per heavy atom. The highest BCUT2D eigenvalue weighted by Crippen LogP contribution is 1.97. The molecule has 1 unspecified atom stereocenters. The predicted molar refractivity (Wildman–Crippen MR) is 72.4 cm³/mol. The molecule has 0 aliphatic heterocycles. The molecule has 0 fully saturated rings. The highest BCUT2D eigenvalue weighted by atomic mass is 16.5. The van der Waals surface area contributed by atoms with E-state index in [0.717, 1.165) is 25.9 Å². The standard InChI is InChI=1S/C13H28N2O3/c1-3-5-9-18-12(11-17-8-4-2)10-15-13(16)6-7-14/h12H,3-11,14H2,1-2H3,(H,15,16). The SMILES string of the molecule is CCCCOC(CNC(=O)CCN)COCCC. The van der Waals surface area contributed by atoms with Gasteiger partial charge in [0.15, 0.2) is 0 Å². The second-order valence-corrected chi connectivity index (χ2v) is 4.26. The van der Waals surface area contributed by atoms with Gasteiger partial charge in [-0.15, -0.1) is 0 Å². The zero-order valence-corrected chi connectivity index (χ0v) is 11.7. The van der Waals surface area contributed by atoms with Gasteiger partial charge in [0, 0.05) is 32.7 Å². The fourth-order valence-electron chi connectivity index (χ4n) is 1.37. The minimum Gasteiger partial charge on any atom is -0.379 e. The molecule has 0 aliphatic rings. The Kier molecular flexibility index (Phi) is 12.3. The third kappa shape index (κ3) is 10.5. The fourth-order valence-corrected chi connectivity index (χ4v) is 1.37. The van der Waals surface area contributed by atoms with Crippen LogP contribution in [0.4, 0.5) is 0 Å². The van der Waals surface area contributed by atoms with Crippen LogP contribution in [-0.2, 0) is 14.3 Å². The van der Waals surface area contributed by atoms with Crippen molar-refractivity contribution in [2.24, 2.45) is 5.73 Å². The number of rotatable bonds is 12. The summed E-state index contributed by atoms with van der Waals surface area (Å²) in [7, 11) is 0. The molecule has 1 atom stereocenters. The van der Waals surface area contributed by atoms with Crippen LogP contribution in [0.15, 0.2) is 0 Å². The molecule has 0 aliphatic carbocycles. The first kappa shape index (κ1) is 17.4. The molecule has 0 spiro atoms. The number of nitrogens with two attached hydrogens (primary N) is 1. The van der Waals surface area contributed by atoms with Crippen LogP contribution in [0.3, 0.4) is 0 Å². The van der Waals surface area contributed by atoms with E-state index in [4.69, 9.17) is 15.2 Å². The van der Waals surface area contributed by atoms with Gasteiger partial charge in [0.05, 0.1) is 12.7 Å². The zero-order chi connectivity index (χ0) is 13.6. The number of ether oxygens (including phenoxy) is 2. The number of hydrogen-bond donors (Lipinski definition) is 2. The number of carbonyl (C=O) groups excluding carboxylic acids is 1. The van der Waals surface area contributed by atoms with Gasteiger partial charge in [-0.1, -0.05) is 20.3 Å². The zero-order valence-electron chi connectivity index (χ0n) is 11.7. The van der Waals surface area contributed by atoms with Crippen LogP contribution in [0.2, 0.25) is 0 Å². The Bertz CT molecular complexity index is 191. The predicted octanol–water partition coefficient (Wildman–Crippen LogP) is 1.06. The number of nitrogens with one attached hydrogen (secondary N) is 1. The van der Waals surface area contributed by atoms with Gasteiger partial charge < -0.3 is 20.5 Å². The first-order valence-corrected chi connectivity index (χ1v) is 6.90. The maximum Gasteiger partial charge on any atom is 0.221 e. The lowest BCUT2D eigenvalue weighted by atomic mass is 10.3. The largest absolute Gasteiger partial charge is 0.379 e. The molecular weight excluding hydrogens is 232 g/mol. The van der Waals surface area contributed by atoms with Crippen LogP contribution >= 0.6 is 0 Å². The summed E-state index contributed by atoms with van der Waals surface area (Å²) < 4.78 is 11.2. The lowest BCUT2D eigenvalue weighted by molar-refractivity contribution is -0.121. The summed E-state index contributed by atoms with van der Waals surface area (Å²) in [4.78, 5) is 11.3. The molecule has 5 heteroatoms. The van der Waals surface area contributed by atoms with Crippen molar-refractivity contribution in [1.82, 2.24) is 5.32 Å². The average Bonchev–Trinajstić information content (AvgIpc) is 2.36. The minimum atomic E-state index is -0.0650. The molecule has 0 bridgehead atoms. The van der Waals surface area contributed by atoms with Crippen LogP contribution in [-0.4, -0.2) is 44.9 Å². The molecule has 0 rings (SSSR count). The Labute approximate surface area is 110 Å². The van der Waals surface area contributed by atoms with Gasteiger partial charge in [-0.2, -0.15) is 0 Å². The monoisotopic (exact) mass is 260 g/mol. The maximum absolute atomic E-state index is 11.3. The second-order valence-electron chi connectivity index (χ2n) is 4.26. The molecule has 0 aromatic rings. The van der Waals surface area contributed by atoms with Gasteiger partial charge in [-0.25, -0.2) is 0 Å². The third-order valence-corrected chi connectivity index (χ3v) is 2.40. The van der Waals surface area contributed by atoms with Crippen LogP contribution in [0.5, 0.6) is 0 Å². The average molecular weight is 260 g/mol. The number of carbonyl (C=O) groups is 1. The number of unbranched alkanes of at least 4 members (excludes halogenated alkanes) is 1. The summed E-state index contributed by atoms with van der Waals surface area (Å²) in [6.45, 7) is 7.02. The lowest BCUT2D eigenvalue weighted by Crippen LogP contribution is -2.37. The smallest absolute Gasteiger partial charge is 0.221 e.